The number of nitrogens with zero attached hydrogens (tertiary/aromatic N) is 1. The van der Waals surface area contributed by atoms with Crippen LogP contribution < -0.4 is 0 Å². The molecule has 0 aromatic rings. The highest BCUT2D eigenvalue weighted by Gasteiger charge is 2.21. The second kappa shape index (κ2) is 5.16. The Labute approximate surface area is 69.6 Å². The van der Waals surface area contributed by atoms with Gasteiger partial charge < -0.3 is 4.90 Å². The van der Waals surface area contributed by atoms with Crippen molar-refractivity contribution in [3.63, 3.8) is 0 Å². The lowest BCUT2D eigenvalue weighted by Gasteiger charge is -2.18. The molecule has 0 N–H and O–H groups in total. The minimum Gasteiger partial charge on any atom is -0.340 e. The Hall–Kier alpha value is -0.530. The average molecular weight is 157 g/mol. The minimum absolute atomic E-state index is 0.222. The third-order valence-corrected chi connectivity index (χ3v) is 1.96. The number of hydrogen-bond donors (Lipinski definition) is 0. The Morgan fingerprint density at radius 2 is 2.00 bits per heavy atom. The monoisotopic (exact) mass is 157 g/mol. The highest BCUT2D eigenvalue weighted by Crippen LogP contribution is 2.15. The molecular formula is C9H19NO. The number of carbonyl (C=O) groups is 1. The number of likely N-dealkylation sites (tertiary alicyclic amines) is 1. The van der Waals surface area contributed by atoms with E-state index in [0.717, 1.165) is 6.54 Å². The van der Waals surface area contributed by atoms with Crippen molar-refractivity contribution in [2.45, 2.75) is 46.6 Å². The minimum atomic E-state index is 0.222. The van der Waals surface area contributed by atoms with Gasteiger partial charge in [-0.15, -0.1) is 0 Å². The van der Waals surface area contributed by atoms with Crippen molar-refractivity contribution >= 4 is 5.91 Å². The molecule has 66 valence electrons. The molecule has 0 unspecified atom stereocenters. The lowest BCUT2D eigenvalue weighted by atomic mass is 10.2. The summed E-state index contributed by atoms with van der Waals surface area (Å²) in [5.74, 6) is 0.222. The van der Waals surface area contributed by atoms with Crippen molar-refractivity contribution in [3.05, 3.63) is 0 Å². The lowest BCUT2D eigenvalue weighted by molar-refractivity contribution is -0.129. The van der Waals surface area contributed by atoms with Gasteiger partial charge in [0.1, 0.15) is 0 Å². The van der Waals surface area contributed by atoms with Gasteiger partial charge in [0, 0.05) is 19.5 Å². The Bertz CT molecular complexity index is 123. The molecule has 2 heteroatoms. The molecule has 1 atom stereocenters. The van der Waals surface area contributed by atoms with Crippen molar-refractivity contribution in [2.24, 2.45) is 0 Å². The van der Waals surface area contributed by atoms with Gasteiger partial charge in [-0.2, -0.15) is 0 Å². The van der Waals surface area contributed by atoms with Crippen LogP contribution in [0.1, 0.15) is 40.5 Å². The summed E-state index contributed by atoms with van der Waals surface area (Å²) in [5.41, 5.74) is 0. The summed E-state index contributed by atoms with van der Waals surface area (Å²) in [7, 11) is 0. The molecule has 1 heterocycles. The fraction of sp³-hybridized carbons (Fsp3) is 0.889. The van der Waals surface area contributed by atoms with Gasteiger partial charge in [-0.05, 0) is 19.8 Å². The van der Waals surface area contributed by atoms with Crippen molar-refractivity contribution in [1.29, 1.82) is 0 Å². The van der Waals surface area contributed by atoms with E-state index in [9.17, 15) is 4.79 Å². The zero-order chi connectivity index (χ0) is 8.85. The summed E-state index contributed by atoms with van der Waals surface area (Å²) < 4.78 is 0. The number of carbonyl (C=O) groups excluding carboxylic acids is 1. The molecule has 0 aromatic heterocycles. The van der Waals surface area contributed by atoms with E-state index >= 15 is 0 Å². The first-order valence-electron chi connectivity index (χ1n) is 4.49. The largest absolute Gasteiger partial charge is 0.340 e. The quantitative estimate of drug-likeness (QED) is 0.527. The summed E-state index contributed by atoms with van der Waals surface area (Å²) in [6.07, 6.45) is 2.36. The molecule has 0 radical (unpaired) electrons. The Kier molecular flexibility index (Phi) is 4.92. The number of rotatable bonds is 0. The molecule has 0 aliphatic carbocycles. The van der Waals surface area contributed by atoms with Gasteiger partial charge in [-0.25, -0.2) is 0 Å². The molecule has 0 saturated carbocycles. The Morgan fingerprint density at radius 3 is 2.18 bits per heavy atom. The molecule has 11 heavy (non-hydrogen) atoms. The van der Waals surface area contributed by atoms with Gasteiger partial charge in [0.2, 0.25) is 5.91 Å². The predicted molar refractivity (Wildman–Crippen MR) is 47.4 cm³/mol. The van der Waals surface area contributed by atoms with Gasteiger partial charge in [0.15, 0.2) is 0 Å². The first-order valence-corrected chi connectivity index (χ1v) is 4.49. The number of amides is 1. The van der Waals surface area contributed by atoms with Crippen molar-refractivity contribution in [1.82, 2.24) is 4.90 Å². The maximum Gasteiger partial charge on any atom is 0.219 e. The van der Waals surface area contributed by atoms with Crippen LogP contribution in [-0.2, 0) is 4.79 Å². The van der Waals surface area contributed by atoms with Crippen LogP contribution in [0.3, 0.4) is 0 Å². The van der Waals surface area contributed by atoms with Crippen LogP contribution in [0, 0.1) is 0 Å². The Morgan fingerprint density at radius 1 is 1.45 bits per heavy atom. The molecular weight excluding hydrogens is 138 g/mol. The second-order valence-electron chi connectivity index (χ2n) is 2.70. The van der Waals surface area contributed by atoms with Gasteiger partial charge in [0.25, 0.3) is 0 Å². The molecule has 1 aliphatic heterocycles. The van der Waals surface area contributed by atoms with Gasteiger partial charge in [-0.3, -0.25) is 4.79 Å². The van der Waals surface area contributed by atoms with E-state index in [2.05, 4.69) is 6.92 Å². The first kappa shape index (κ1) is 10.5. The fourth-order valence-electron chi connectivity index (χ4n) is 1.40. The highest BCUT2D eigenvalue weighted by molar-refractivity contribution is 5.73. The van der Waals surface area contributed by atoms with E-state index in [1.807, 2.05) is 18.7 Å². The zero-order valence-electron chi connectivity index (χ0n) is 8.05. The molecule has 0 aromatic carbocycles. The third-order valence-electron chi connectivity index (χ3n) is 1.96. The maximum atomic E-state index is 10.8. The lowest BCUT2D eigenvalue weighted by Crippen LogP contribution is -2.31. The van der Waals surface area contributed by atoms with Crippen LogP contribution in [0.15, 0.2) is 0 Å². The van der Waals surface area contributed by atoms with Crippen LogP contribution >= 0.6 is 0 Å². The van der Waals surface area contributed by atoms with Crippen LogP contribution in [0.2, 0.25) is 0 Å². The van der Waals surface area contributed by atoms with E-state index in [4.69, 9.17) is 0 Å². The molecule has 1 amide bonds. The highest BCUT2D eigenvalue weighted by atomic mass is 16.2. The molecule has 2 nitrogen and oxygen atoms in total. The van der Waals surface area contributed by atoms with Gasteiger partial charge in [-0.1, -0.05) is 13.8 Å². The van der Waals surface area contributed by atoms with Gasteiger partial charge >= 0.3 is 0 Å². The molecule has 1 fully saturated rings. The summed E-state index contributed by atoms with van der Waals surface area (Å²) >= 11 is 0. The van der Waals surface area contributed by atoms with E-state index in [1.165, 1.54) is 12.8 Å². The van der Waals surface area contributed by atoms with E-state index in [1.54, 1.807) is 6.92 Å². The average Bonchev–Trinajstić information content (AvgIpc) is 2.39. The molecule has 0 spiro atoms. The third kappa shape index (κ3) is 2.91. The molecule has 0 bridgehead atoms. The topological polar surface area (TPSA) is 20.3 Å². The van der Waals surface area contributed by atoms with Crippen LogP contribution in [0.4, 0.5) is 0 Å². The van der Waals surface area contributed by atoms with Crippen molar-refractivity contribution in [2.75, 3.05) is 6.54 Å². The molecule has 1 aliphatic rings. The predicted octanol–water partition coefficient (Wildman–Crippen LogP) is 2.04. The summed E-state index contributed by atoms with van der Waals surface area (Å²) in [4.78, 5) is 12.7. The number of hydrogen-bond acceptors (Lipinski definition) is 1. The van der Waals surface area contributed by atoms with Crippen LogP contribution in [0.5, 0.6) is 0 Å². The van der Waals surface area contributed by atoms with Crippen molar-refractivity contribution < 1.29 is 4.79 Å². The van der Waals surface area contributed by atoms with E-state index < -0.39 is 0 Å². The molecule has 1 saturated heterocycles. The normalized spacial score (nSPS) is 22.5. The van der Waals surface area contributed by atoms with Crippen LogP contribution in [-0.4, -0.2) is 23.4 Å². The smallest absolute Gasteiger partial charge is 0.219 e. The summed E-state index contributed by atoms with van der Waals surface area (Å²) in [6.45, 7) is 8.72. The Balaban J connectivity index is 0.000000461. The van der Waals surface area contributed by atoms with Crippen molar-refractivity contribution in [3.8, 4) is 0 Å². The summed E-state index contributed by atoms with van der Waals surface area (Å²) in [5, 5.41) is 0. The summed E-state index contributed by atoms with van der Waals surface area (Å²) in [6, 6.07) is 0.488. The van der Waals surface area contributed by atoms with E-state index in [-0.39, 0.29) is 5.91 Å². The van der Waals surface area contributed by atoms with E-state index in [0.29, 0.717) is 6.04 Å². The fourth-order valence-corrected chi connectivity index (χ4v) is 1.40. The first-order chi connectivity index (χ1) is 5.22. The van der Waals surface area contributed by atoms with Gasteiger partial charge in [0.05, 0.1) is 0 Å². The zero-order valence-corrected chi connectivity index (χ0v) is 8.05. The maximum absolute atomic E-state index is 10.8. The SMILES string of the molecule is CC.CC(=O)N1CCC[C@H]1C. The van der Waals surface area contributed by atoms with Crippen LogP contribution in [0.25, 0.3) is 0 Å². The standard InChI is InChI=1S/C7H13NO.C2H6/c1-6-4-3-5-8(6)7(2)9;1-2/h6H,3-5H2,1-2H3;1-2H3/t6-;/m1./s1. The molecule has 1 rings (SSSR count). The second-order valence-corrected chi connectivity index (χ2v) is 2.70.